The molecule has 0 radical (unpaired) electrons. The number of halogens is 1. The van der Waals surface area contributed by atoms with Gasteiger partial charge in [0.15, 0.2) is 0 Å². The molecule has 1 fully saturated rings. The SMILES string of the molecule is CC(NC(=O)CN1CC[C@@H](N)C1)c1ccccc1Cl. The van der Waals surface area contributed by atoms with E-state index in [2.05, 4.69) is 10.2 Å². The molecule has 1 aromatic carbocycles. The van der Waals surface area contributed by atoms with Crippen LogP contribution in [-0.2, 0) is 4.79 Å². The molecule has 1 saturated heterocycles. The van der Waals surface area contributed by atoms with E-state index in [1.165, 1.54) is 0 Å². The minimum absolute atomic E-state index is 0.0153. The molecule has 1 aliphatic rings. The number of nitrogens with two attached hydrogens (primary N) is 1. The molecule has 0 aromatic heterocycles. The number of benzene rings is 1. The molecule has 1 amide bonds. The molecule has 1 unspecified atom stereocenters. The highest BCUT2D eigenvalue weighted by Crippen LogP contribution is 2.22. The first-order chi connectivity index (χ1) is 9.06. The molecule has 4 nitrogen and oxygen atoms in total. The van der Waals surface area contributed by atoms with Gasteiger partial charge in [0.05, 0.1) is 12.6 Å². The Morgan fingerprint density at radius 2 is 2.32 bits per heavy atom. The van der Waals surface area contributed by atoms with Gasteiger partial charge < -0.3 is 11.1 Å². The van der Waals surface area contributed by atoms with Gasteiger partial charge in [-0.2, -0.15) is 0 Å². The first kappa shape index (κ1) is 14.3. The third-order valence-corrected chi connectivity index (χ3v) is 3.77. The van der Waals surface area contributed by atoms with E-state index in [9.17, 15) is 4.79 Å². The molecule has 0 aliphatic carbocycles. The van der Waals surface area contributed by atoms with Crippen molar-refractivity contribution >= 4 is 17.5 Å². The Bertz CT molecular complexity index is 452. The first-order valence-corrected chi connectivity index (χ1v) is 6.96. The van der Waals surface area contributed by atoms with Crippen LogP contribution in [0.3, 0.4) is 0 Å². The normalized spacial score (nSPS) is 21.3. The van der Waals surface area contributed by atoms with Gasteiger partial charge in [-0.15, -0.1) is 0 Å². The second-order valence-electron chi connectivity index (χ2n) is 5.09. The van der Waals surface area contributed by atoms with E-state index in [0.29, 0.717) is 11.6 Å². The van der Waals surface area contributed by atoms with Gasteiger partial charge in [-0.1, -0.05) is 29.8 Å². The van der Waals surface area contributed by atoms with Crippen LogP contribution in [0.4, 0.5) is 0 Å². The first-order valence-electron chi connectivity index (χ1n) is 6.58. The van der Waals surface area contributed by atoms with Crippen molar-refractivity contribution in [1.29, 1.82) is 0 Å². The van der Waals surface area contributed by atoms with Crippen LogP contribution in [0.5, 0.6) is 0 Å². The molecule has 1 aliphatic heterocycles. The van der Waals surface area contributed by atoms with Gasteiger partial charge in [-0.05, 0) is 25.0 Å². The summed E-state index contributed by atoms with van der Waals surface area (Å²) in [6, 6.07) is 7.68. The summed E-state index contributed by atoms with van der Waals surface area (Å²) in [6.07, 6.45) is 0.966. The zero-order valence-electron chi connectivity index (χ0n) is 11.1. The summed E-state index contributed by atoms with van der Waals surface area (Å²) in [5.41, 5.74) is 6.76. The Labute approximate surface area is 118 Å². The van der Waals surface area contributed by atoms with Crippen LogP contribution in [0.25, 0.3) is 0 Å². The fourth-order valence-corrected chi connectivity index (χ4v) is 2.70. The van der Waals surface area contributed by atoms with Crippen molar-refractivity contribution < 1.29 is 4.79 Å². The number of hydrogen-bond donors (Lipinski definition) is 2. The van der Waals surface area contributed by atoms with Crippen LogP contribution < -0.4 is 11.1 Å². The number of nitrogens with one attached hydrogen (secondary N) is 1. The highest BCUT2D eigenvalue weighted by atomic mass is 35.5. The zero-order valence-corrected chi connectivity index (χ0v) is 11.9. The summed E-state index contributed by atoms with van der Waals surface area (Å²) in [4.78, 5) is 14.0. The lowest BCUT2D eigenvalue weighted by Gasteiger charge is -2.19. The molecule has 1 heterocycles. The Morgan fingerprint density at radius 3 is 2.95 bits per heavy atom. The van der Waals surface area contributed by atoms with Crippen molar-refractivity contribution in [3.8, 4) is 0 Å². The summed E-state index contributed by atoms with van der Waals surface area (Å²) in [7, 11) is 0. The van der Waals surface area contributed by atoms with E-state index < -0.39 is 0 Å². The van der Waals surface area contributed by atoms with Crippen LogP contribution in [0, 0.1) is 0 Å². The summed E-state index contributed by atoms with van der Waals surface area (Å²) >= 11 is 6.11. The molecule has 2 rings (SSSR count). The zero-order chi connectivity index (χ0) is 13.8. The maximum Gasteiger partial charge on any atom is 0.234 e. The van der Waals surface area contributed by atoms with Gasteiger partial charge in [0.1, 0.15) is 0 Å². The Hall–Kier alpha value is -1.10. The lowest BCUT2D eigenvalue weighted by atomic mass is 10.1. The Balaban J connectivity index is 1.87. The second kappa shape index (κ2) is 6.37. The standard InChI is InChI=1S/C14H20ClN3O/c1-10(12-4-2-3-5-13(12)15)17-14(19)9-18-7-6-11(16)8-18/h2-5,10-11H,6-9,16H2,1H3,(H,17,19)/t10?,11-/m1/s1. The molecule has 104 valence electrons. The van der Waals surface area contributed by atoms with E-state index in [0.717, 1.165) is 25.1 Å². The number of rotatable bonds is 4. The summed E-state index contributed by atoms with van der Waals surface area (Å²) in [5.74, 6) is 0.0153. The van der Waals surface area contributed by atoms with E-state index >= 15 is 0 Å². The minimum atomic E-state index is -0.0857. The average Bonchev–Trinajstić information content (AvgIpc) is 2.74. The summed E-state index contributed by atoms with van der Waals surface area (Å²) in [5, 5.41) is 3.65. The number of likely N-dealkylation sites (tertiary alicyclic amines) is 1. The molecule has 0 spiro atoms. The number of carbonyl (C=O) groups excluding carboxylic acids is 1. The number of hydrogen-bond acceptors (Lipinski definition) is 3. The van der Waals surface area contributed by atoms with Gasteiger partial charge in [-0.3, -0.25) is 9.69 Å². The predicted molar refractivity (Wildman–Crippen MR) is 77.0 cm³/mol. The average molecular weight is 282 g/mol. The van der Waals surface area contributed by atoms with Crippen molar-refractivity contribution in [2.24, 2.45) is 5.73 Å². The van der Waals surface area contributed by atoms with E-state index in [1.54, 1.807) is 0 Å². The van der Waals surface area contributed by atoms with Crippen LogP contribution in [0.15, 0.2) is 24.3 Å². The third-order valence-electron chi connectivity index (χ3n) is 3.43. The second-order valence-corrected chi connectivity index (χ2v) is 5.50. The lowest BCUT2D eigenvalue weighted by Crippen LogP contribution is -2.38. The van der Waals surface area contributed by atoms with Gasteiger partial charge in [-0.25, -0.2) is 0 Å². The van der Waals surface area contributed by atoms with Gasteiger partial charge in [0.2, 0.25) is 5.91 Å². The largest absolute Gasteiger partial charge is 0.348 e. The summed E-state index contributed by atoms with van der Waals surface area (Å²) in [6.45, 7) is 4.04. The number of carbonyl (C=O) groups is 1. The molecule has 0 bridgehead atoms. The number of nitrogens with zero attached hydrogens (tertiary/aromatic N) is 1. The van der Waals surface area contributed by atoms with Gasteiger partial charge in [0, 0.05) is 24.2 Å². The third kappa shape index (κ3) is 3.93. The quantitative estimate of drug-likeness (QED) is 0.880. The minimum Gasteiger partial charge on any atom is -0.348 e. The van der Waals surface area contributed by atoms with Crippen molar-refractivity contribution in [2.45, 2.75) is 25.4 Å². The van der Waals surface area contributed by atoms with E-state index in [4.69, 9.17) is 17.3 Å². The molecule has 5 heteroatoms. The highest BCUT2D eigenvalue weighted by molar-refractivity contribution is 6.31. The topological polar surface area (TPSA) is 58.4 Å². The monoisotopic (exact) mass is 281 g/mol. The lowest BCUT2D eigenvalue weighted by molar-refractivity contribution is -0.122. The van der Waals surface area contributed by atoms with Gasteiger partial charge >= 0.3 is 0 Å². The van der Waals surface area contributed by atoms with Crippen molar-refractivity contribution in [3.05, 3.63) is 34.9 Å². The van der Waals surface area contributed by atoms with Crippen molar-refractivity contribution in [3.63, 3.8) is 0 Å². The van der Waals surface area contributed by atoms with Crippen LogP contribution in [0.1, 0.15) is 24.9 Å². The molecular weight excluding hydrogens is 262 g/mol. The van der Waals surface area contributed by atoms with E-state index in [-0.39, 0.29) is 18.0 Å². The molecule has 2 atom stereocenters. The summed E-state index contributed by atoms with van der Waals surface area (Å²) < 4.78 is 0. The molecule has 1 aromatic rings. The predicted octanol–water partition coefficient (Wildman–Crippen LogP) is 1.55. The van der Waals surface area contributed by atoms with E-state index in [1.807, 2.05) is 31.2 Å². The van der Waals surface area contributed by atoms with Gasteiger partial charge in [0.25, 0.3) is 0 Å². The maximum absolute atomic E-state index is 12.0. The molecule has 3 N–H and O–H groups in total. The Morgan fingerprint density at radius 1 is 1.58 bits per heavy atom. The van der Waals surface area contributed by atoms with Crippen LogP contribution in [-0.4, -0.2) is 36.5 Å². The van der Waals surface area contributed by atoms with Crippen molar-refractivity contribution in [1.82, 2.24) is 10.2 Å². The molecule has 0 saturated carbocycles. The highest BCUT2D eigenvalue weighted by Gasteiger charge is 2.21. The molecule has 19 heavy (non-hydrogen) atoms. The number of amides is 1. The molecular formula is C14H20ClN3O. The Kier molecular flexibility index (Phi) is 4.80. The fraction of sp³-hybridized carbons (Fsp3) is 0.500. The fourth-order valence-electron chi connectivity index (χ4n) is 2.40. The maximum atomic E-state index is 12.0. The van der Waals surface area contributed by atoms with Crippen molar-refractivity contribution in [2.75, 3.05) is 19.6 Å². The van der Waals surface area contributed by atoms with Crippen LogP contribution >= 0.6 is 11.6 Å². The van der Waals surface area contributed by atoms with Crippen LogP contribution in [0.2, 0.25) is 5.02 Å². The smallest absolute Gasteiger partial charge is 0.234 e.